The van der Waals surface area contributed by atoms with Crippen LogP contribution in [0.2, 0.25) is 5.02 Å². The van der Waals surface area contributed by atoms with Crippen molar-refractivity contribution in [2.45, 2.75) is 0 Å². The van der Waals surface area contributed by atoms with Gasteiger partial charge in [-0.2, -0.15) is 0 Å². The van der Waals surface area contributed by atoms with Gasteiger partial charge in [-0.05, 0) is 47.5 Å². The van der Waals surface area contributed by atoms with Crippen molar-refractivity contribution in [2.75, 3.05) is 0 Å². The lowest BCUT2D eigenvalue weighted by Gasteiger charge is -2.05. The highest BCUT2D eigenvalue weighted by atomic mass is 35.5. The summed E-state index contributed by atoms with van der Waals surface area (Å²) in [5.74, 6) is 0. The van der Waals surface area contributed by atoms with Gasteiger partial charge in [0.05, 0.1) is 10.8 Å². The fourth-order valence-corrected chi connectivity index (χ4v) is 2.75. The maximum Gasteiger partial charge on any atom is 0.200 e. The molecule has 3 heteroatoms. The number of halogens is 1. The highest BCUT2D eigenvalue weighted by molar-refractivity contribution is 6.30. The fraction of sp³-hybridized carbons (Fsp3) is 0. The number of fused-ring (bicyclic) bond motifs is 2. The van der Waals surface area contributed by atoms with Gasteiger partial charge in [0.25, 0.3) is 0 Å². The van der Waals surface area contributed by atoms with Crippen molar-refractivity contribution in [3.05, 3.63) is 82.0 Å². The Hall–Kier alpha value is -2.58. The molecule has 0 aliphatic carbocycles. The number of rotatable bonds is 1. The maximum absolute atomic E-state index is 12.6. The van der Waals surface area contributed by atoms with Crippen molar-refractivity contribution in [3.63, 3.8) is 0 Å². The molecule has 0 N–H and O–H groups in total. The Morgan fingerprint density at radius 2 is 1.41 bits per heavy atom. The molecule has 22 heavy (non-hydrogen) atoms. The third-order valence-corrected chi connectivity index (χ3v) is 4.01. The summed E-state index contributed by atoms with van der Waals surface area (Å²) in [4.78, 5) is 12.6. The van der Waals surface area contributed by atoms with E-state index in [4.69, 9.17) is 16.0 Å². The minimum Gasteiger partial charge on any atom is -0.456 e. The van der Waals surface area contributed by atoms with Gasteiger partial charge >= 0.3 is 0 Å². The third kappa shape index (κ3) is 2.09. The molecule has 0 bridgehead atoms. The predicted molar refractivity (Wildman–Crippen MR) is 90.4 cm³/mol. The topological polar surface area (TPSA) is 30.2 Å². The van der Waals surface area contributed by atoms with Crippen LogP contribution in [0.4, 0.5) is 0 Å². The van der Waals surface area contributed by atoms with Crippen LogP contribution >= 0.6 is 11.6 Å². The van der Waals surface area contributed by atoms with Gasteiger partial charge in [0.1, 0.15) is 11.2 Å². The Kier molecular flexibility index (Phi) is 2.98. The van der Waals surface area contributed by atoms with Crippen LogP contribution < -0.4 is 5.43 Å². The van der Waals surface area contributed by atoms with Crippen molar-refractivity contribution in [3.8, 4) is 11.1 Å². The summed E-state index contributed by atoms with van der Waals surface area (Å²) < 4.78 is 5.82. The molecule has 0 aliphatic heterocycles. The monoisotopic (exact) mass is 306 g/mol. The number of hydrogen-bond acceptors (Lipinski definition) is 2. The lowest BCUT2D eigenvalue weighted by Crippen LogP contribution is -2.01. The molecule has 2 nitrogen and oxygen atoms in total. The molecule has 0 radical (unpaired) electrons. The standard InChI is InChI=1S/C19H11ClO2/c20-14-8-5-12(6-9-14)13-7-10-18-16(11-13)19(21)15-3-1-2-4-17(15)22-18/h1-11H. The minimum atomic E-state index is -0.00679. The van der Waals surface area contributed by atoms with Crippen LogP contribution in [0, 0.1) is 0 Å². The second-order valence-electron chi connectivity index (χ2n) is 5.15. The first-order valence-electron chi connectivity index (χ1n) is 6.94. The molecule has 0 saturated carbocycles. The molecule has 0 aliphatic rings. The van der Waals surface area contributed by atoms with Gasteiger partial charge in [0.2, 0.25) is 5.43 Å². The quantitative estimate of drug-likeness (QED) is 0.449. The Morgan fingerprint density at radius 3 is 2.23 bits per heavy atom. The lowest BCUT2D eigenvalue weighted by atomic mass is 10.0. The van der Waals surface area contributed by atoms with Crippen molar-refractivity contribution in [1.82, 2.24) is 0 Å². The first-order chi connectivity index (χ1) is 10.7. The first-order valence-corrected chi connectivity index (χ1v) is 7.32. The summed E-state index contributed by atoms with van der Waals surface area (Å²) in [5.41, 5.74) is 3.18. The van der Waals surface area contributed by atoms with E-state index in [2.05, 4.69) is 0 Å². The third-order valence-electron chi connectivity index (χ3n) is 3.75. The molecule has 106 valence electrons. The fourth-order valence-electron chi connectivity index (χ4n) is 2.63. The molecule has 4 aromatic rings. The van der Waals surface area contributed by atoms with E-state index in [0.717, 1.165) is 11.1 Å². The molecule has 0 spiro atoms. The molecular weight excluding hydrogens is 296 g/mol. The zero-order chi connectivity index (χ0) is 15.1. The summed E-state index contributed by atoms with van der Waals surface area (Å²) in [6, 6.07) is 20.5. The van der Waals surface area contributed by atoms with Crippen molar-refractivity contribution >= 4 is 33.5 Å². The van der Waals surface area contributed by atoms with E-state index >= 15 is 0 Å². The van der Waals surface area contributed by atoms with Crippen molar-refractivity contribution < 1.29 is 4.42 Å². The van der Waals surface area contributed by atoms with Gasteiger partial charge in [0.15, 0.2) is 0 Å². The maximum atomic E-state index is 12.6. The van der Waals surface area contributed by atoms with Crippen LogP contribution in [0.5, 0.6) is 0 Å². The van der Waals surface area contributed by atoms with Crippen LogP contribution in [-0.4, -0.2) is 0 Å². The highest BCUT2D eigenvalue weighted by Crippen LogP contribution is 2.26. The minimum absolute atomic E-state index is 0.00679. The summed E-state index contributed by atoms with van der Waals surface area (Å²) in [6.07, 6.45) is 0. The molecule has 3 aromatic carbocycles. The smallest absolute Gasteiger partial charge is 0.200 e. The summed E-state index contributed by atoms with van der Waals surface area (Å²) in [7, 11) is 0. The number of hydrogen-bond donors (Lipinski definition) is 0. The molecule has 0 saturated heterocycles. The largest absolute Gasteiger partial charge is 0.456 e. The second-order valence-corrected chi connectivity index (χ2v) is 5.58. The summed E-state index contributed by atoms with van der Waals surface area (Å²) >= 11 is 5.92. The Morgan fingerprint density at radius 1 is 0.727 bits per heavy atom. The Labute approximate surface area is 131 Å². The molecule has 0 atom stereocenters. The molecule has 1 aromatic heterocycles. The van der Waals surface area contributed by atoms with Crippen LogP contribution in [0.3, 0.4) is 0 Å². The van der Waals surface area contributed by atoms with Crippen molar-refractivity contribution in [2.24, 2.45) is 0 Å². The van der Waals surface area contributed by atoms with Gasteiger partial charge in [-0.1, -0.05) is 41.9 Å². The predicted octanol–water partition coefficient (Wildman–Crippen LogP) is 5.27. The molecule has 0 fully saturated rings. The average molecular weight is 307 g/mol. The Balaban J connectivity index is 2.01. The second kappa shape index (κ2) is 5.00. The number of benzene rings is 3. The van der Waals surface area contributed by atoms with Crippen LogP contribution in [0.1, 0.15) is 0 Å². The molecule has 1 heterocycles. The van der Waals surface area contributed by atoms with E-state index in [1.54, 1.807) is 6.07 Å². The summed E-state index contributed by atoms with van der Waals surface area (Å²) in [6.45, 7) is 0. The van der Waals surface area contributed by atoms with Crippen LogP contribution in [0.25, 0.3) is 33.1 Å². The van der Waals surface area contributed by atoms with Gasteiger partial charge < -0.3 is 4.42 Å². The van der Waals surface area contributed by atoms with Gasteiger partial charge in [-0.15, -0.1) is 0 Å². The SMILES string of the molecule is O=c1c2ccccc2oc2ccc(-c3ccc(Cl)cc3)cc12. The van der Waals surface area contributed by atoms with Crippen LogP contribution in [0.15, 0.2) is 75.9 Å². The summed E-state index contributed by atoms with van der Waals surface area (Å²) in [5, 5.41) is 1.88. The molecular formula is C19H11ClO2. The highest BCUT2D eigenvalue weighted by Gasteiger charge is 2.08. The molecule has 4 rings (SSSR count). The lowest BCUT2D eigenvalue weighted by molar-refractivity contribution is 0.660. The van der Waals surface area contributed by atoms with E-state index < -0.39 is 0 Å². The molecule has 0 unspecified atom stereocenters. The van der Waals surface area contributed by atoms with E-state index in [1.165, 1.54) is 0 Å². The van der Waals surface area contributed by atoms with E-state index in [-0.39, 0.29) is 5.43 Å². The molecule has 0 amide bonds. The normalized spacial score (nSPS) is 11.1. The number of para-hydroxylation sites is 1. The first kappa shape index (κ1) is 13.1. The van der Waals surface area contributed by atoms with Crippen molar-refractivity contribution in [1.29, 1.82) is 0 Å². The van der Waals surface area contributed by atoms with Gasteiger partial charge in [-0.25, -0.2) is 0 Å². The average Bonchev–Trinajstić information content (AvgIpc) is 2.56. The zero-order valence-corrected chi connectivity index (χ0v) is 12.3. The Bertz CT molecular complexity index is 1050. The van der Waals surface area contributed by atoms with E-state index in [1.807, 2.05) is 60.7 Å². The van der Waals surface area contributed by atoms with Crippen LogP contribution in [-0.2, 0) is 0 Å². The zero-order valence-electron chi connectivity index (χ0n) is 11.5. The van der Waals surface area contributed by atoms with E-state index in [9.17, 15) is 4.79 Å². The van der Waals surface area contributed by atoms with Gasteiger partial charge in [0, 0.05) is 5.02 Å². The van der Waals surface area contributed by atoms with Gasteiger partial charge in [-0.3, -0.25) is 4.79 Å². The van der Waals surface area contributed by atoms with E-state index in [0.29, 0.717) is 27.0 Å².